The van der Waals surface area contributed by atoms with Gasteiger partial charge in [0.25, 0.3) is 0 Å². The molecule has 1 N–H and O–H groups in total. The Kier molecular flexibility index (Phi) is 3.51. The fourth-order valence-electron chi connectivity index (χ4n) is 2.04. The molecule has 1 aromatic heterocycles. The van der Waals surface area contributed by atoms with Gasteiger partial charge in [-0.1, -0.05) is 0 Å². The van der Waals surface area contributed by atoms with E-state index in [2.05, 4.69) is 22.2 Å². The molecule has 0 saturated heterocycles. The van der Waals surface area contributed by atoms with Crippen LogP contribution < -0.4 is 5.32 Å². The van der Waals surface area contributed by atoms with Gasteiger partial charge in [-0.25, -0.2) is 9.97 Å². The quantitative estimate of drug-likeness (QED) is 0.841. The summed E-state index contributed by atoms with van der Waals surface area (Å²) >= 11 is 0. The Morgan fingerprint density at radius 1 is 1.44 bits per heavy atom. The second-order valence-electron chi connectivity index (χ2n) is 4.12. The van der Waals surface area contributed by atoms with Gasteiger partial charge in [0.15, 0.2) is 5.82 Å². The summed E-state index contributed by atoms with van der Waals surface area (Å²) in [6, 6.07) is 0. The number of hydrogen-bond donors (Lipinski definition) is 1. The van der Waals surface area contributed by atoms with Crippen LogP contribution in [0.25, 0.3) is 0 Å². The van der Waals surface area contributed by atoms with Crippen molar-refractivity contribution in [1.82, 2.24) is 15.3 Å². The van der Waals surface area contributed by atoms with Crippen molar-refractivity contribution in [1.29, 1.82) is 0 Å². The van der Waals surface area contributed by atoms with Gasteiger partial charge in [0.2, 0.25) is 0 Å². The molecule has 88 valence electrons. The molecular weight excluding hydrogens is 202 g/mol. The highest BCUT2D eigenvalue weighted by Crippen LogP contribution is 2.19. The van der Waals surface area contributed by atoms with Crippen LogP contribution in [0, 0.1) is 6.92 Å². The van der Waals surface area contributed by atoms with E-state index in [1.54, 1.807) is 0 Å². The summed E-state index contributed by atoms with van der Waals surface area (Å²) in [6.45, 7) is 8.64. The number of nitrogens with zero attached hydrogens (tertiary/aromatic N) is 2. The Morgan fingerprint density at radius 2 is 2.25 bits per heavy atom. The van der Waals surface area contributed by atoms with Gasteiger partial charge in [0.05, 0.1) is 5.69 Å². The zero-order valence-electron chi connectivity index (χ0n) is 10.2. The number of aryl methyl sites for hydroxylation is 1. The van der Waals surface area contributed by atoms with Crippen LogP contribution in [0.2, 0.25) is 0 Å². The van der Waals surface area contributed by atoms with Gasteiger partial charge in [-0.05, 0) is 20.8 Å². The molecule has 0 fully saturated rings. The average molecular weight is 221 g/mol. The first-order valence-electron chi connectivity index (χ1n) is 5.91. The summed E-state index contributed by atoms with van der Waals surface area (Å²) < 4.78 is 5.53. The van der Waals surface area contributed by atoms with Crippen molar-refractivity contribution in [2.45, 2.75) is 39.8 Å². The zero-order chi connectivity index (χ0) is 11.5. The minimum absolute atomic E-state index is 0.0103. The summed E-state index contributed by atoms with van der Waals surface area (Å²) in [5.41, 5.74) is 3.53. The number of hydrogen-bond acceptors (Lipinski definition) is 4. The minimum Gasteiger partial charge on any atom is -0.371 e. The van der Waals surface area contributed by atoms with Crippen LogP contribution in [-0.2, 0) is 17.7 Å². The predicted molar refractivity (Wildman–Crippen MR) is 62.2 cm³/mol. The molecule has 4 heteroatoms. The molecule has 0 bridgehead atoms. The van der Waals surface area contributed by atoms with Gasteiger partial charge >= 0.3 is 0 Å². The van der Waals surface area contributed by atoms with E-state index in [4.69, 9.17) is 4.74 Å². The Hall–Kier alpha value is -1.00. The molecule has 2 heterocycles. The molecule has 2 rings (SSSR count). The van der Waals surface area contributed by atoms with Crippen LogP contribution in [0.1, 0.15) is 42.7 Å². The van der Waals surface area contributed by atoms with Gasteiger partial charge in [-0.3, -0.25) is 0 Å². The van der Waals surface area contributed by atoms with Gasteiger partial charge < -0.3 is 10.1 Å². The first kappa shape index (κ1) is 11.5. The second-order valence-corrected chi connectivity index (χ2v) is 4.12. The van der Waals surface area contributed by atoms with Crippen molar-refractivity contribution in [3.8, 4) is 0 Å². The van der Waals surface area contributed by atoms with E-state index in [0.29, 0.717) is 6.61 Å². The lowest BCUT2D eigenvalue weighted by molar-refractivity contribution is 0.0696. The van der Waals surface area contributed by atoms with Crippen molar-refractivity contribution in [3.05, 3.63) is 22.8 Å². The highest BCUT2D eigenvalue weighted by molar-refractivity contribution is 5.27. The zero-order valence-corrected chi connectivity index (χ0v) is 10.2. The molecule has 1 aliphatic heterocycles. The molecule has 0 saturated carbocycles. The Balaban J connectivity index is 2.31. The van der Waals surface area contributed by atoms with E-state index in [1.165, 1.54) is 11.3 Å². The molecule has 1 aliphatic rings. The topological polar surface area (TPSA) is 47.0 Å². The lowest BCUT2D eigenvalue weighted by Crippen LogP contribution is -2.27. The van der Waals surface area contributed by atoms with Gasteiger partial charge in [-0.15, -0.1) is 0 Å². The first-order valence-corrected chi connectivity index (χ1v) is 5.91. The lowest BCUT2D eigenvalue weighted by Gasteiger charge is -2.20. The average Bonchev–Trinajstić information content (AvgIpc) is 2.29. The lowest BCUT2D eigenvalue weighted by atomic mass is 10.1. The van der Waals surface area contributed by atoms with E-state index in [0.717, 1.165) is 31.0 Å². The monoisotopic (exact) mass is 221 g/mol. The number of rotatable bonds is 3. The van der Waals surface area contributed by atoms with E-state index in [9.17, 15) is 0 Å². The Bertz CT molecular complexity index is 379. The maximum atomic E-state index is 5.53. The van der Waals surface area contributed by atoms with Crippen LogP contribution in [0.4, 0.5) is 0 Å². The first-order chi connectivity index (χ1) is 7.72. The predicted octanol–water partition coefficient (Wildman–Crippen LogP) is 1.53. The molecule has 4 nitrogen and oxygen atoms in total. The summed E-state index contributed by atoms with van der Waals surface area (Å²) in [4.78, 5) is 9.15. The van der Waals surface area contributed by atoms with E-state index in [1.807, 2.05) is 13.8 Å². The summed E-state index contributed by atoms with van der Waals surface area (Å²) in [5, 5.41) is 3.34. The standard InChI is InChI=1S/C12H19N3O/c1-4-16-9(3)12-14-8(2)10-7-13-6-5-11(10)15-12/h9,13H,4-7H2,1-3H3. The summed E-state index contributed by atoms with van der Waals surface area (Å²) in [6.07, 6.45) is 0.980. The molecule has 1 atom stereocenters. The molecular formula is C12H19N3O. The third-order valence-electron chi connectivity index (χ3n) is 2.94. The maximum Gasteiger partial charge on any atom is 0.157 e. The molecule has 0 aromatic carbocycles. The molecule has 0 amide bonds. The largest absolute Gasteiger partial charge is 0.371 e. The number of ether oxygens (including phenoxy) is 1. The van der Waals surface area contributed by atoms with E-state index < -0.39 is 0 Å². The van der Waals surface area contributed by atoms with Crippen molar-refractivity contribution < 1.29 is 4.74 Å². The van der Waals surface area contributed by atoms with E-state index >= 15 is 0 Å². The fraction of sp³-hybridized carbons (Fsp3) is 0.667. The van der Waals surface area contributed by atoms with Crippen molar-refractivity contribution >= 4 is 0 Å². The van der Waals surface area contributed by atoms with Crippen LogP contribution in [0.3, 0.4) is 0 Å². The van der Waals surface area contributed by atoms with Crippen LogP contribution in [0.15, 0.2) is 0 Å². The number of nitrogens with one attached hydrogen (secondary N) is 1. The van der Waals surface area contributed by atoms with Crippen molar-refractivity contribution in [2.24, 2.45) is 0 Å². The highest BCUT2D eigenvalue weighted by atomic mass is 16.5. The normalized spacial score (nSPS) is 16.9. The minimum atomic E-state index is -0.0103. The molecule has 0 radical (unpaired) electrons. The molecule has 1 aromatic rings. The van der Waals surface area contributed by atoms with Gasteiger partial charge in [0, 0.05) is 37.4 Å². The smallest absolute Gasteiger partial charge is 0.157 e. The van der Waals surface area contributed by atoms with E-state index in [-0.39, 0.29) is 6.10 Å². The Labute approximate surface area is 96.4 Å². The third-order valence-corrected chi connectivity index (χ3v) is 2.94. The summed E-state index contributed by atoms with van der Waals surface area (Å²) in [5.74, 6) is 0.819. The SMILES string of the molecule is CCOC(C)c1nc(C)c2c(n1)CCNC2. The van der Waals surface area contributed by atoms with Gasteiger partial charge in [0.1, 0.15) is 6.10 Å². The molecule has 1 unspecified atom stereocenters. The number of fused-ring (bicyclic) bond motifs is 1. The molecule has 16 heavy (non-hydrogen) atoms. The second kappa shape index (κ2) is 4.89. The number of aromatic nitrogens is 2. The summed E-state index contributed by atoms with van der Waals surface area (Å²) in [7, 11) is 0. The Morgan fingerprint density at radius 3 is 3.00 bits per heavy atom. The van der Waals surface area contributed by atoms with Crippen LogP contribution in [-0.4, -0.2) is 23.1 Å². The molecule has 0 aliphatic carbocycles. The molecule has 0 spiro atoms. The highest BCUT2D eigenvalue weighted by Gasteiger charge is 2.17. The van der Waals surface area contributed by atoms with Crippen LogP contribution in [0.5, 0.6) is 0 Å². The van der Waals surface area contributed by atoms with Crippen LogP contribution >= 0.6 is 0 Å². The van der Waals surface area contributed by atoms with Crippen molar-refractivity contribution in [3.63, 3.8) is 0 Å². The maximum absolute atomic E-state index is 5.53. The fourth-order valence-corrected chi connectivity index (χ4v) is 2.04. The van der Waals surface area contributed by atoms with Crippen molar-refractivity contribution in [2.75, 3.05) is 13.2 Å². The van der Waals surface area contributed by atoms with Gasteiger partial charge in [-0.2, -0.15) is 0 Å². The third kappa shape index (κ3) is 2.23.